The number of aryl methyl sites for hydroxylation is 2. The zero-order valence-corrected chi connectivity index (χ0v) is 13.1. The lowest BCUT2D eigenvalue weighted by molar-refractivity contribution is -0.659. The summed E-state index contributed by atoms with van der Waals surface area (Å²) in [7, 11) is 2.08. The lowest BCUT2D eigenvalue weighted by Gasteiger charge is -2.09. The van der Waals surface area contributed by atoms with E-state index in [0.29, 0.717) is 5.92 Å². The van der Waals surface area contributed by atoms with Gasteiger partial charge in [-0.2, -0.15) is 4.57 Å². The van der Waals surface area contributed by atoms with E-state index in [2.05, 4.69) is 75.0 Å². The average molecular weight is 277 g/mol. The van der Waals surface area contributed by atoms with E-state index in [1.54, 1.807) is 0 Å². The maximum absolute atomic E-state index is 4.76. The Hall–Kier alpha value is -2.22. The van der Waals surface area contributed by atoms with Crippen LogP contribution in [0.1, 0.15) is 30.9 Å². The summed E-state index contributed by atoms with van der Waals surface area (Å²) >= 11 is 0. The average Bonchev–Trinajstić information content (AvgIpc) is 2.48. The predicted molar refractivity (Wildman–Crippen MR) is 87.2 cm³/mol. The SMILES string of the molecule is Cc1ccccc1-c1c2ncc(C(C)C)cc2cc[n+]1C. The molecule has 0 aliphatic rings. The third-order valence-electron chi connectivity index (χ3n) is 4.06. The lowest BCUT2D eigenvalue weighted by Crippen LogP contribution is -2.31. The van der Waals surface area contributed by atoms with Crippen molar-refractivity contribution in [1.29, 1.82) is 0 Å². The Morgan fingerprint density at radius 3 is 2.57 bits per heavy atom. The fourth-order valence-corrected chi connectivity index (χ4v) is 2.73. The molecule has 0 saturated heterocycles. The van der Waals surface area contributed by atoms with Crippen molar-refractivity contribution in [1.82, 2.24) is 4.98 Å². The number of aromatic nitrogens is 2. The lowest BCUT2D eigenvalue weighted by atomic mass is 10.00. The monoisotopic (exact) mass is 277 g/mol. The van der Waals surface area contributed by atoms with Gasteiger partial charge in [-0.25, -0.2) is 4.98 Å². The van der Waals surface area contributed by atoms with Crippen molar-refractivity contribution in [3.63, 3.8) is 0 Å². The summed E-state index contributed by atoms with van der Waals surface area (Å²) in [4.78, 5) is 4.76. The van der Waals surface area contributed by atoms with E-state index in [-0.39, 0.29) is 0 Å². The molecule has 2 heteroatoms. The predicted octanol–water partition coefficient (Wildman–Crippen LogP) is 4.16. The number of pyridine rings is 2. The number of hydrogen-bond donors (Lipinski definition) is 0. The molecule has 2 aromatic heterocycles. The van der Waals surface area contributed by atoms with Gasteiger partial charge in [0.25, 0.3) is 0 Å². The molecule has 0 aliphatic heterocycles. The molecule has 0 atom stereocenters. The molecule has 21 heavy (non-hydrogen) atoms. The molecule has 3 rings (SSSR count). The van der Waals surface area contributed by atoms with Crippen molar-refractivity contribution in [2.45, 2.75) is 26.7 Å². The van der Waals surface area contributed by atoms with Gasteiger partial charge in [-0.1, -0.05) is 32.0 Å². The second-order valence-electron chi connectivity index (χ2n) is 5.95. The van der Waals surface area contributed by atoms with Crippen molar-refractivity contribution < 1.29 is 4.57 Å². The Morgan fingerprint density at radius 1 is 1.10 bits per heavy atom. The van der Waals surface area contributed by atoms with Gasteiger partial charge in [-0.3, -0.25) is 0 Å². The molecule has 0 fully saturated rings. The van der Waals surface area contributed by atoms with Crippen LogP contribution in [0.25, 0.3) is 22.2 Å². The van der Waals surface area contributed by atoms with Crippen molar-refractivity contribution in [2.24, 2.45) is 7.05 Å². The van der Waals surface area contributed by atoms with Gasteiger partial charge in [-0.05, 0) is 36.1 Å². The summed E-state index contributed by atoms with van der Waals surface area (Å²) in [6, 6.07) is 12.9. The van der Waals surface area contributed by atoms with E-state index in [4.69, 9.17) is 4.98 Å². The Bertz CT molecular complexity index is 804. The van der Waals surface area contributed by atoms with Crippen LogP contribution in [0.5, 0.6) is 0 Å². The zero-order valence-electron chi connectivity index (χ0n) is 13.1. The summed E-state index contributed by atoms with van der Waals surface area (Å²) in [6.07, 6.45) is 4.13. The van der Waals surface area contributed by atoms with Crippen LogP contribution in [-0.4, -0.2) is 4.98 Å². The van der Waals surface area contributed by atoms with E-state index < -0.39 is 0 Å². The van der Waals surface area contributed by atoms with Crippen LogP contribution < -0.4 is 4.57 Å². The molecule has 0 radical (unpaired) electrons. The number of nitrogens with zero attached hydrogens (tertiary/aromatic N) is 2. The van der Waals surface area contributed by atoms with Crippen LogP contribution in [0.15, 0.2) is 48.8 Å². The fraction of sp³-hybridized carbons (Fsp3) is 0.263. The van der Waals surface area contributed by atoms with Gasteiger partial charge >= 0.3 is 0 Å². The summed E-state index contributed by atoms with van der Waals surface area (Å²) in [5.74, 6) is 0.498. The molecule has 0 aliphatic carbocycles. The molecule has 106 valence electrons. The van der Waals surface area contributed by atoms with Crippen molar-refractivity contribution in [3.05, 3.63) is 59.9 Å². The van der Waals surface area contributed by atoms with E-state index in [0.717, 1.165) is 5.52 Å². The minimum Gasteiger partial charge on any atom is -0.249 e. The molecule has 0 saturated carbocycles. The van der Waals surface area contributed by atoms with Gasteiger partial charge in [0.2, 0.25) is 5.69 Å². The Morgan fingerprint density at radius 2 is 1.86 bits per heavy atom. The first-order chi connectivity index (χ1) is 10.1. The van der Waals surface area contributed by atoms with Crippen LogP contribution >= 0.6 is 0 Å². The van der Waals surface area contributed by atoms with Crippen LogP contribution in [0.2, 0.25) is 0 Å². The quantitative estimate of drug-likeness (QED) is 0.643. The van der Waals surface area contributed by atoms with Gasteiger partial charge < -0.3 is 0 Å². The normalized spacial score (nSPS) is 11.3. The molecule has 0 unspecified atom stereocenters. The molecule has 0 amide bonds. The number of benzene rings is 1. The molecule has 2 heterocycles. The van der Waals surface area contributed by atoms with Gasteiger partial charge in [0.1, 0.15) is 12.6 Å². The highest BCUT2D eigenvalue weighted by molar-refractivity contribution is 5.90. The minimum atomic E-state index is 0.498. The highest BCUT2D eigenvalue weighted by Crippen LogP contribution is 2.27. The zero-order chi connectivity index (χ0) is 15.0. The minimum absolute atomic E-state index is 0.498. The maximum Gasteiger partial charge on any atom is 0.239 e. The van der Waals surface area contributed by atoms with Crippen LogP contribution in [-0.2, 0) is 7.05 Å². The topological polar surface area (TPSA) is 16.8 Å². The van der Waals surface area contributed by atoms with Gasteiger partial charge in [0, 0.05) is 17.6 Å². The first-order valence-corrected chi connectivity index (χ1v) is 7.42. The fourth-order valence-electron chi connectivity index (χ4n) is 2.73. The highest BCUT2D eigenvalue weighted by atomic mass is 14.9. The van der Waals surface area contributed by atoms with E-state index >= 15 is 0 Å². The summed E-state index contributed by atoms with van der Waals surface area (Å²) in [5, 5.41) is 1.21. The molecular weight excluding hydrogens is 256 g/mol. The van der Waals surface area contributed by atoms with Crippen LogP contribution in [0.3, 0.4) is 0 Å². The Labute approximate surface area is 126 Å². The molecule has 2 nitrogen and oxygen atoms in total. The standard InChI is InChI=1S/C19H21N2/c1-13(2)16-11-15-9-10-21(4)19(18(15)20-12-16)17-8-6-5-7-14(17)3/h5-13H,1-4H3/q+1. The Kier molecular flexibility index (Phi) is 3.46. The third-order valence-corrected chi connectivity index (χ3v) is 4.06. The first-order valence-electron chi connectivity index (χ1n) is 7.42. The smallest absolute Gasteiger partial charge is 0.239 e. The molecule has 1 aromatic carbocycles. The van der Waals surface area contributed by atoms with E-state index in [1.807, 2.05) is 6.20 Å². The van der Waals surface area contributed by atoms with Crippen LogP contribution in [0.4, 0.5) is 0 Å². The third kappa shape index (κ3) is 2.42. The van der Waals surface area contributed by atoms with Gasteiger partial charge in [0.15, 0.2) is 6.20 Å². The largest absolute Gasteiger partial charge is 0.249 e. The maximum atomic E-state index is 4.76. The molecule has 0 spiro atoms. The van der Waals surface area contributed by atoms with Gasteiger partial charge in [-0.15, -0.1) is 0 Å². The van der Waals surface area contributed by atoms with Gasteiger partial charge in [0.05, 0.1) is 5.56 Å². The van der Waals surface area contributed by atoms with Crippen molar-refractivity contribution in [2.75, 3.05) is 0 Å². The van der Waals surface area contributed by atoms with Crippen molar-refractivity contribution >= 4 is 10.9 Å². The Balaban J connectivity index is 2.32. The second kappa shape index (κ2) is 5.28. The molecular formula is C19H21N2+. The van der Waals surface area contributed by atoms with E-state index in [1.165, 1.54) is 27.8 Å². The molecule has 0 bridgehead atoms. The van der Waals surface area contributed by atoms with E-state index in [9.17, 15) is 0 Å². The van der Waals surface area contributed by atoms with Crippen molar-refractivity contribution in [3.8, 4) is 11.3 Å². The second-order valence-corrected chi connectivity index (χ2v) is 5.95. The highest BCUT2D eigenvalue weighted by Gasteiger charge is 2.18. The summed E-state index contributed by atoms with van der Waals surface area (Å²) in [5.41, 5.74) is 6.05. The summed E-state index contributed by atoms with van der Waals surface area (Å²) < 4.78 is 2.16. The number of hydrogen-bond acceptors (Lipinski definition) is 1. The number of fused-ring (bicyclic) bond motifs is 1. The molecule has 3 aromatic rings. The number of rotatable bonds is 2. The summed E-state index contributed by atoms with van der Waals surface area (Å²) in [6.45, 7) is 6.55. The van der Waals surface area contributed by atoms with Crippen LogP contribution in [0, 0.1) is 6.92 Å². The first kappa shape index (κ1) is 13.7. The molecule has 0 N–H and O–H groups in total.